The molecule has 0 saturated heterocycles. The normalized spacial score (nSPS) is 10.6. The average molecular weight is 271 g/mol. The number of ether oxygens (including phenoxy) is 2. The lowest BCUT2D eigenvalue weighted by Crippen LogP contribution is -1.98. The molecule has 0 fully saturated rings. The summed E-state index contributed by atoms with van der Waals surface area (Å²) in [5, 5.41) is 3.77. The first-order valence-electron chi connectivity index (χ1n) is 6.18. The maximum absolute atomic E-state index is 5.51. The lowest BCUT2D eigenvalue weighted by molar-refractivity contribution is 0.215. The monoisotopic (exact) mass is 271 g/mol. The van der Waals surface area contributed by atoms with Crippen LogP contribution in [0, 0.1) is 0 Å². The Hall–Kier alpha value is -2.49. The first kappa shape index (κ1) is 13.9. The van der Waals surface area contributed by atoms with E-state index in [0.717, 1.165) is 16.7 Å². The topological polar surface area (TPSA) is 40.0 Å². The van der Waals surface area contributed by atoms with Crippen molar-refractivity contribution in [1.82, 2.24) is 0 Å². The second-order valence-electron chi connectivity index (χ2n) is 4.05. The predicted octanol–water partition coefficient (Wildman–Crippen LogP) is 3.35. The summed E-state index contributed by atoms with van der Waals surface area (Å²) in [6.07, 6.45) is 1.59. The Balaban J connectivity index is 2.58. The van der Waals surface area contributed by atoms with Crippen LogP contribution in [0.1, 0.15) is 5.56 Å². The van der Waals surface area contributed by atoms with Crippen molar-refractivity contribution in [1.29, 1.82) is 0 Å². The largest absolute Gasteiger partial charge is 0.492 e. The Bertz CT molecular complexity index is 594. The summed E-state index contributed by atoms with van der Waals surface area (Å²) in [6, 6.07) is 13.9. The molecule has 2 aromatic rings. The van der Waals surface area contributed by atoms with Gasteiger partial charge in [-0.3, -0.25) is 0 Å². The molecule has 0 saturated carbocycles. The summed E-state index contributed by atoms with van der Waals surface area (Å²) >= 11 is 0. The molecule has 0 heterocycles. The van der Waals surface area contributed by atoms with Gasteiger partial charge in [-0.1, -0.05) is 35.5 Å². The van der Waals surface area contributed by atoms with Crippen molar-refractivity contribution in [2.45, 2.75) is 0 Å². The summed E-state index contributed by atoms with van der Waals surface area (Å²) in [7, 11) is 4.73. The van der Waals surface area contributed by atoms with Gasteiger partial charge >= 0.3 is 0 Å². The van der Waals surface area contributed by atoms with Gasteiger partial charge in [0, 0.05) is 11.1 Å². The maximum atomic E-state index is 5.51. The molecule has 2 aromatic carbocycles. The van der Waals surface area contributed by atoms with E-state index in [9.17, 15) is 0 Å². The molecule has 0 aliphatic rings. The van der Waals surface area contributed by atoms with Gasteiger partial charge in [0.25, 0.3) is 0 Å². The van der Waals surface area contributed by atoms with Crippen molar-refractivity contribution in [3.63, 3.8) is 0 Å². The third-order valence-electron chi connectivity index (χ3n) is 2.93. The molecule has 0 spiro atoms. The van der Waals surface area contributed by atoms with E-state index < -0.39 is 0 Å². The third-order valence-corrected chi connectivity index (χ3v) is 2.93. The van der Waals surface area contributed by atoms with Crippen LogP contribution in [-0.4, -0.2) is 27.5 Å². The van der Waals surface area contributed by atoms with E-state index in [4.69, 9.17) is 14.3 Å². The van der Waals surface area contributed by atoms with Crippen LogP contribution in [0.4, 0.5) is 0 Å². The summed E-state index contributed by atoms with van der Waals surface area (Å²) in [6.45, 7) is 0. The van der Waals surface area contributed by atoms with Crippen molar-refractivity contribution in [2.75, 3.05) is 21.3 Å². The molecule has 4 nitrogen and oxygen atoms in total. The Morgan fingerprint density at radius 1 is 0.850 bits per heavy atom. The third kappa shape index (κ3) is 2.74. The number of benzene rings is 2. The molecule has 0 radical (unpaired) electrons. The summed E-state index contributed by atoms with van der Waals surface area (Å²) in [5.74, 6) is 1.31. The molecular weight excluding hydrogens is 254 g/mol. The molecule has 0 unspecified atom stereocenters. The highest BCUT2D eigenvalue weighted by molar-refractivity contribution is 5.88. The number of hydrogen-bond acceptors (Lipinski definition) is 4. The summed E-state index contributed by atoms with van der Waals surface area (Å²) in [4.78, 5) is 4.71. The minimum Gasteiger partial charge on any atom is -0.492 e. The van der Waals surface area contributed by atoms with Gasteiger partial charge in [-0.2, -0.15) is 0 Å². The van der Waals surface area contributed by atoms with Crippen LogP contribution in [0.25, 0.3) is 11.1 Å². The van der Waals surface area contributed by atoms with Crippen molar-refractivity contribution in [3.05, 3.63) is 48.0 Å². The van der Waals surface area contributed by atoms with Crippen molar-refractivity contribution >= 4 is 6.21 Å². The van der Waals surface area contributed by atoms with Crippen LogP contribution in [0.15, 0.2) is 47.6 Å². The molecule has 0 aliphatic carbocycles. The van der Waals surface area contributed by atoms with Crippen molar-refractivity contribution in [3.8, 4) is 22.6 Å². The van der Waals surface area contributed by atoms with Crippen LogP contribution in [-0.2, 0) is 4.84 Å². The van der Waals surface area contributed by atoms with Crippen molar-refractivity contribution in [2.24, 2.45) is 5.16 Å². The Morgan fingerprint density at radius 2 is 1.55 bits per heavy atom. The molecule has 0 aliphatic heterocycles. The van der Waals surface area contributed by atoms with Gasteiger partial charge in [0.1, 0.15) is 7.11 Å². The Kier molecular flexibility index (Phi) is 4.60. The summed E-state index contributed by atoms with van der Waals surface area (Å²) < 4.78 is 11.0. The second-order valence-corrected chi connectivity index (χ2v) is 4.05. The molecule has 20 heavy (non-hydrogen) atoms. The van der Waals surface area contributed by atoms with Crippen LogP contribution < -0.4 is 9.47 Å². The fraction of sp³-hybridized carbons (Fsp3) is 0.188. The van der Waals surface area contributed by atoms with Crippen LogP contribution >= 0.6 is 0 Å². The van der Waals surface area contributed by atoms with Gasteiger partial charge in [0.05, 0.1) is 20.4 Å². The molecule has 0 amide bonds. The van der Waals surface area contributed by atoms with Crippen LogP contribution in [0.5, 0.6) is 11.5 Å². The SMILES string of the molecule is CON=Cc1ccc(-c2ccccc2)c(OC)c1OC. The minimum absolute atomic E-state index is 0.634. The maximum Gasteiger partial charge on any atom is 0.170 e. The smallest absolute Gasteiger partial charge is 0.170 e. The fourth-order valence-corrected chi connectivity index (χ4v) is 2.05. The number of methoxy groups -OCH3 is 2. The lowest BCUT2D eigenvalue weighted by atomic mass is 10.0. The van der Waals surface area contributed by atoms with Crippen LogP contribution in [0.3, 0.4) is 0 Å². The quantitative estimate of drug-likeness (QED) is 0.618. The molecule has 104 valence electrons. The first-order valence-corrected chi connectivity index (χ1v) is 6.18. The van der Waals surface area contributed by atoms with E-state index in [-0.39, 0.29) is 0 Å². The number of nitrogens with zero attached hydrogens (tertiary/aromatic N) is 1. The number of rotatable bonds is 5. The van der Waals surface area contributed by atoms with E-state index in [2.05, 4.69) is 5.16 Å². The van der Waals surface area contributed by atoms with Gasteiger partial charge < -0.3 is 14.3 Å². The van der Waals surface area contributed by atoms with E-state index in [1.165, 1.54) is 7.11 Å². The number of oxime groups is 1. The van der Waals surface area contributed by atoms with E-state index in [1.807, 2.05) is 42.5 Å². The number of hydrogen-bond donors (Lipinski definition) is 0. The van der Waals surface area contributed by atoms with Crippen molar-refractivity contribution < 1.29 is 14.3 Å². The lowest BCUT2D eigenvalue weighted by Gasteiger charge is -2.15. The zero-order valence-electron chi connectivity index (χ0n) is 11.8. The van der Waals surface area contributed by atoms with Crippen LogP contribution in [0.2, 0.25) is 0 Å². The second kappa shape index (κ2) is 6.61. The molecular formula is C16H17NO3. The highest BCUT2D eigenvalue weighted by Gasteiger charge is 2.15. The molecule has 0 N–H and O–H groups in total. The molecule has 4 heteroatoms. The molecule has 2 rings (SSSR count). The molecule has 0 bridgehead atoms. The highest BCUT2D eigenvalue weighted by Crippen LogP contribution is 2.39. The zero-order chi connectivity index (χ0) is 14.4. The Labute approximate surface area is 118 Å². The molecule has 0 atom stereocenters. The highest BCUT2D eigenvalue weighted by atomic mass is 16.6. The van der Waals surface area contributed by atoms with Gasteiger partial charge in [0.2, 0.25) is 0 Å². The van der Waals surface area contributed by atoms with Gasteiger partial charge in [0.15, 0.2) is 11.5 Å². The predicted molar refractivity (Wildman–Crippen MR) is 79.6 cm³/mol. The fourth-order valence-electron chi connectivity index (χ4n) is 2.05. The summed E-state index contributed by atoms with van der Waals surface area (Å²) in [5.41, 5.74) is 2.84. The van der Waals surface area contributed by atoms with E-state index in [1.54, 1.807) is 20.4 Å². The van der Waals surface area contributed by atoms with Gasteiger partial charge in [-0.25, -0.2) is 0 Å². The Morgan fingerprint density at radius 3 is 2.15 bits per heavy atom. The minimum atomic E-state index is 0.634. The van der Waals surface area contributed by atoms with E-state index in [0.29, 0.717) is 11.5 Å². The van der Waals surface area contributed by atoms with E-state index >= 15 is 0 Å². The average Bonchev–Trinajstić information content (AvgIpc) is 2.52. The van der Waals surface area contributed by atoms with Gasteiger partial charge in [-0.15, -0.1) is 0 Å². The standard InChI is InChI=1S/C16H17NO3/c1-18-15-13(11-17-20-3)9-10-14(16(15)19-2)12-7-5-4-6-8-12/h4-11H,1-3H3. The first-order chi connectivity index (χ1) is 9.81. The molecule has 0 aromatic heterocycles. The zero-order valence-corrected chi connectivity index (χ0v) is 11.8. The van der Waals surface area contributed by atoms with Gasteiger partial charge in [-0.05, 0) is 17.7 Å².